The van der Waals surface area contributed by atoms with Crippen LogP contribution in [-0.2, 0) is 4.79 Å². The summed E-state index contributed by atoms with van der Waals surface area (Å²) in [6, 6.07) is 2.16. The predicted octanol–water partition coefficient (Wildman–Crippen LogP) is 0.830. The molecule has 4 nitrogen and oxygen atoms in total. The van der Waals surface area contributed by atoms with E-state index in [0.29, 0.717) is 6.54 Å². The van der Waals surface area contributed by atoms with Crippen LogP contribution >= 0.6 is 11.3 Å². The van der Waals surface area contributed by atoms with Crippen molar-refractivity contribution in [1.29, 1.82) is 0 Å². The van der Waals surface area contributed by atoms with E-state index in [9.17, 15) is 4.79 Å². The van der Waals surface area contributed by atoms with Crippen molar-refractivity contribution in [2.45, 2.75) is 13.0 Å². The molecule has 1 atom stereocenters. The van der Waals surface area contributed by atoms with Gasteiger partial charge in [0.1, 0.15) is 0 Å². The van der Waals surface area contributed by atoms with E-state index in [1.54, 1.807) is 11.3 Å². The molecule has 0 radical (unpaired) electrons. The van der Waals surface area contributed by atoms with Crippen LogP contribution in [0.1, 0.15) is 18.5 Å². The van der Waals surface area contributed by atoms with Gasteiger partial charge in [0.2, 0.25) is 5.91 Å². The molecule has 2 N–H and O–H groups in total. The first-order valence-corrected chi connectivity index (χ1v) is 6.94. The lowest BCUT2D eigenvalue weighted by Crippen LogP contribution is -2.47. The molecule has 94 valence electrons. The van der Waals surface area contributed by atoms with E-state index >= 15 is 0 Å². The number of amides is 1. The molecule has 1 saturated heterocycles. The normalized spacial score (nSPS) is 18.9. The van der Waals surface area contributed by atoms with E-state index in [1.165, 1.54) is 5.56 Å². The summed E-state index contributed by atoms with van der Waals surface area (Å²) in [6.45, 7) is 6.41. The molecule has 0 bridgehead atoms. The van der Waals surface area contributed by atoms with Crippen LogP contribution in [-0.4, -0.2) is 43.5 Å². The third-order valence-electron chi connectivity index (χ3n) is 3.00. The molecule has 17 heavy (non-hydrogen) atoms. The van der Waals surface area contributed by atoms with Crippen LogP contribution in [0.4, 0.5) is 0 Å². The molecule has 1 aromatic heterocycles. The Labute approximate surface area is 106 Å². The lowest BCUT2D eigenvalue weighted by atomic mass is 10.2. The maximum Gasteiger partial charge on any atom is 0.234 e. The van der Waals surface area contributed by atoms with Crippen molar-refractivity contribution in [3.05, 3.63) is 22.4 Å². The Kier molecular flexibility index (Phi) is 4.53. The van der Waals surface area contributed by atoms with Crippen molar-refractivity contribution < 1.29 is 4.79 Å². The average Bonchev–Trinajstić information content (AvgIpc) is 2.83. The van der Waals surface area contributed by atoms with E-state index < -0.39 is 0 Å². The third kappa shape index (κ3) is 3.80. The lowest BCUT2D eigenvalue weighted by molar-refractivity contribution is -0.123. The molecule has 0 aromatic carbocycles. The number of nitrogens with one attached hydrogen (secondary N) is 2. The second kappa shape index (κ2) is 6.14. The fraction of sp³-hybridized carbons (Fsp3) is 0.583. The predicted molar refractivity (Wildman–Crippen MR) is 70.2 cm³/mol. The smallest absolute Gasteiger partial charge is 0.234 e. The highest BCUT2D eigenvalue weighted by Gasteiger charge is 2.15. The molecule has 1 aliphatic heterocycles. The van der Waals surface area contributed by atoms with E-state index in [-0.39, 0.29) is 11.9 Å². The minimum Gasteiger partial charge on any atom is -0.348 e. The number of hydrogen-bond acceptors (Lipinski definition) is 4. The molecular weight excluding hydrogens is 234 g/mol. The Hall–Kier alpha value is -0.910. The second-order valence-corrected chi connectivity index (χ2v) is 5.15. The van der Waals surface area contributed by atoms with Gasteiger partial charge < -0.3 is 10.6 Å². The van der Waals surface area contributed by atoms with Crippen LogP contribution in [0.25, 0.3) is 0 Å². The van der Waals surface area contributed by atoms with Gasteiger partial charge in [-0.25, -0.2) is 0 Å². The van der Waals surface area contributed by atoms with E-state index in [1.807, 2.05) is 12.3 Å². The summed E-state index contributed by atoms with van der Waals surface area (Å²) in [6.07, 6.45) is 0. The summed E-state index contributed by atoms with van der Waals surface area (Å²) >= 11 is 1.66. The Balaban J connectivity index is 1.76. The van der Waals surface area contributed by atoms with Gasteiger partial charge in [0.25, 0.3) is 0 Å². The number of hydrogen-bond donors (Lipinski definition) is 2. The number of rotatable bonds is 4. The van der Waals surface area contributed by atoms with Crippen molar-refractivity contribution in [2.24, 2.45) is 0 Å². The molecule has 0 aliphatic carbocycles. The zero-order valence-electron chi connectivity index (χ0n) is 10.1. The summed E-state index contributed by atoms with van der Waals surface area (Å²) in [4.78, 5) is 14.0. The molecule has 2 heterocycles. The SMILES string of the molecule is CC(NC(=O)CN1CCNCC1)c1ccsc1. The maximum absolute atomic E-state index is 11.8. The number of piperazine rings is 1. The monoisotopic (exact) mass is 253 g/mol. The van der Waals surface area contributed by atoms with Crippen LogP contribution < -0.4 is 10.6 Å². The highest BCUT2D eigenvalue weighted by Crippen LogP contribution is 2.15. The van der Waals surface area contributed by atoms with Gasteiger partial charge in [0.05, 0.1) is 12.6 Å². The first-order valence-electron chi connectivity index (χ1n) is 6.00. The Bertz CT molecular complexity index is 347. The summed E-state index contributed by atoms with van der Waals surface area (Å²) in [5.74, 6) is 0.116. The minimum atomic E-state index is 0.108. The van der Waals surface area contributed by atoms with Gasteiger partial charge in [-0.15, -0.1) is 0 Å². The minimum absolute atomic E-state index is 0.108. The van der Waals surface area contributed by atoms with Crippen LogP contribution in [0, 0.1) is 0 Å². The Morgan fingerprint density at radius 1 is 1.59 bits per heavy atom. The highest BCUT2D eigenvalue weighted by atomic mass is 32.1. The van der Waals surface area contributed by atoms with E-state index in [2.05, 4.69) is 27.0 Å². The third-order valence-corrected chi connectivity index (χ3v) is 3.70. The molecule has 5 heteroatoms. The molecule has 2 rings (SSSR count). The molecular formula is C12H19N3OS. The van der Waals surface area contributed by atoms with Crippen LogP contribution in [0.3, 0.4) is 0 Å². The highest BCUT2D eigenvalue weighted by molar-refractivity contribution is 7.07. The molecule has 0 saturated carbocycles. The second-order valence-electron chi connectivity index (χ2n) is 4.37. The van der Waals surface area contributed by atoms with Gasteiger partial charge in [-0.1, -0.05) is 0 Å². The molecule has 1 aromatic rings. The first kappa shape index (κ1) is 12.5. The fourth-order valence-corrected chi connectivity index (χ4v) is 2.72. The number of carbonyl (C=O) groups excluding carboxylic acids is 1. The van der Waals surface area contributed by atoms with Gasteiger partial charge in [0, 0.05) is 26.2 Å². The maximum atomic E-state index is 11.8. The molecule has 0 spiro atoms. The number of nitrogens with zero attached hydrogens (tertiary/aromatic N) is 1. The summed E-state index contributed by atoms with van der Waals surface area (Å²) in [7, 11) is 0. The van der Waals surface area contributed by atoms with Crippen LogP contribution in [0.2, 0.25) is 0 Å². The summed E-state index contributed by atoms with van der Waals surface area (Å²) < 4.78 is 0. The van der Waals surface area contributed by atoms with Gasteiger partial charge in [-0.2, -0.15) is 11.3 Å². The Morgan fingerprint density at radius 2 is 2.35 bits per heavy atom. The first-order chi connectivity index (χ1) is 8.25. The van der Waals surface area contributed by atoms with Crippen molar-refractivity contribution in [3.63, 3.8) is 0 Å². The van der Waals surface area contributed by atoms with Gasteiger partial charge in [-0.3, -0.25) is 9.69 Å². The van der Waals surface area contributed by atoms with Crippen LogP contribution in [0.15, 0.2) is 16.8 Å². The fourth-order valence-electron chi connectivity index (χ4n) is 1.96. The van der Waals surface area contributed by atoms with Crippen molar-refractivity contribution >= 4 is 17.2 Å². The molecule has 1 amide bonds. The van der Waals surface area contributed by atoms with E-state index in [0.717, 1.165) is 26.2 Å². The number of thiophene rings is 1. The molecule has 1 fully saturated rings. The van der Waals surface area contributed by atoms with Gasteiger partial charge in [-0.05, 0) is 29.3 Å². The van der Waals surface area contributed by atoms with Crippen LogP contribution in [0.5, 0.6) is 0 Å². The van der Waals surface area contributed by atoms with Crippen molar-refractivity contribution in [3.8, 4) is 0 Å². The summed E-state index contributed by atoms with van der Waals surface area (Å²) in [5, 5.41) is 10.4. The quantitative estimate of drug-likeness (QED) is 0.835. The standard InChI is InChI=1S/C12H19N3OS/c1-10(11-2-7-17-9-11)14-12(16)8-15-5-3-13-4-6-15/h2,7,9-10,13H,3-6,8H2,1H3,(H,14,16). The average molecular weight is 253 g/mol. The number of carbonyl (C=O) groups is 1. The topological polar surface area (TPSA) is 44.4 Å². The largest absolute Gasteiger partial charge is 0.348 e. The van der Waals surface area contributed by atoms with E-state index in [4.69, 9.17) is 0 Å². The Morgan fingerprint density at radius 3 is 3.00 bits per heavy atom. The zero-order chi connectivity index (χ0) is 12.1. The van der Waals surface area contributed by atoms with Crippen molar-refractivity contribution in [2.75, 3.05) is 32.7 Å². The zero-order valence-corrected chi connectivity index (χ0v) is 10.9. The lowest BCUT2D eigenvalue weighted by Gasteiger charge is -2.27. The van der Waals surface area contributed by atoms with Crippen molar-refractivity contribution in [1.82, 2.24) is 15.5 Å². The summed E-state index contributed by atoms with van der Waals surface area (Å²) in [5.41, 5.74) is 1.18. The van der Waals surface area contributed by atoms with Gasteiger partial charge >= 0.3 is 0 Å². The molecule has 1 aliphatic rings. The van der Waals surface area contributed by atoms with Gasteiger partial charge in [0.15, 0.2) is 0 Å². The molecule has 1 unspecified atom stereocenters.